The van der Waals surface area contributed by atoms with E-state index in [1.807, 2.05) is 30.3 Å². The van der Waals surface area contributed by atoms with Gasteiger partial charge in [-0.25, -0.2) is 0 Å². The molecule has 24 heavy (non-hydrogen) atoms. The summed E-state index contributed by atoms with van der Waals surface area (Å²) >= 11 is 0. The number of aromatic nitrogens is 1. The summed E-state index contributed by atoms with van der Waals surface area (Å²) in [4.78, 5) is 24.0. The van der Waals surface area contributed by atoms with Crippen LogP contribution in [0.4, 0.5) is 5.69 Å². The molecule has 0 aliphatic heterocycles. The van der Waals surface area contributed by atoms with Crippen LogP contribution in [0, 0.1) is 0 Å². The van der Waals surface area contributed by atoms with Crippen molar-refractivity contribution in [3.63, 3.8) is 0 Å². The molecule has 4 rings (SSSR count). The minimum atomic E-state index is -0.275. The number of pyridine rings is 1. The van der Waals surface area contributed by atoms with E-state index in [1.54, 1.807) is 19.3 Å². The predicted octanol–water partition coefficient (Wildman–Crippen LogP) is 3.21. The van der Waals surface area contributed by atoms with E-state index in [9.17, 15) is 9.59 Å². The Bertz CT molecular complexity index is 1020. The van der Waals surface area contributed by atoms with Crippen LogP contribution in [0.2, 0.25) is 0 Å². The van der Waals surface area contributed by atoms with Crippen LogP contribution >= 0.6 is 0 Å². The van der Waals surface area contributed by atoms with Crippen molar-refractivity contribution in [1.29, 1.82) is 0 Å². The second-order valence-corrected chi connectivity index (χ2v) is 6.02. The predicted molar refractivity (Wildman–Crippen MR) is 94.3 cm³/mol. The highest BCUT2D eigenvalue weighted by atomic mass is 16.2. The quantitative estimate of drug-likeness (QED) is 0.617. The van der Waals surface area contributed by atoms with E-state index < -0.39 is 0 Å². The van der Waals surface area contributed by atoms with Gasteiger partial charge in [0.15, 0.2) is 0 Å². The highest BCUT2D eigenvalue weighted by molar-refractivity contribution is 6.04. The molecule has 4 heteroatoms. The lowest BCUT2D eigenvalue weighted by atomic mass is 10.1. The monoisotopic (exact) mass is 316 g/mol. The van der Waals surface area contributed by atoms with E-state index in [0.29, 0.717) is 5.56 Å². The van der Waals surface area contributed by atoms with Crippen LogP contribution < -0.4 is 10.9 Å². The third-order valence-corrected chi connectivity index (χ3v) is 4.42. The summed E-state index contributed by atoms with van der Waals surface area (Å²) < 4.78 is 1.43. The molecule has 0 spiro atoms. The molecule has 3 aromatic rings. The number of aryl methyl sites for hydroxylation is 1. The number of hydrogen-bond donors (Lipinski definition) is 1. The van der Waals surface area contributed by atoms with Crippen molar-refractivity contribution in [3.05, 3.63) is 87.8 Å². The van der Waals surface area contributed by atoms with E-state index in [0.717, 1.165) is 12.1 Å². The molecule has 0 saturated carbocycles. The van der Waals surface area contributed by atoms with Gasteiger partial charge in [-0.15, -0.1) is 0 Å². The Morgan fingerprint density at radius 2 is 1.79 bits per heavy atom. The molecule has 1 aromatic heterocycles. The Balaban J connectivity index is 1.60. The molecule has 0 atom stereocenters. The normalized spacial score (nSPS) is 11.7. The fourth-order valence-electron chi connectivity index (χ4n) is 3.12. The van der Waals surface area contributed by atoms with E-state index in [1.165, 1.54) is 32.9 Å². The number of nitrogens with one attached hydrogen (secondary N) is 1. The van der Waals surface area contributed by atoms with Crippen molar-refractivity contribution in [2.75, 3.05) is 5.32 Å². The standard InChI is InChI=1S/C20H16N2O2/c1-22-9-8-14(12-19(22)23)20(24)21-16-6-7-18-15(11-16)10-13-4-2-3-5-17(13)18/h2-9,11-12H,10H2,1H3,(H,21,24). The first-order chi connectivity index (χ1) is 11.6. The first-order valence-electron chi connectivity index (χ1n) is 7.81. The zero-order valence-electron chi connectivity index (χ0n) is 13.2. The third-order valence-electron chi connectivity index (χ3n) is 4.42. The molecule has 0 unspecified atom stereocenters. The molecule has 1 amide bonds. The fraction of sp³-hybridized carbons (Fsp3) is 0.100. The first-order valence-corrected chi connectivity index (χ1v) is 7.81. The molecule has 1 N–H and O–H groups in total. The van der Waals surface area contributed by atoms with E-state index >= 15 is 0 Å². The highest BCUT2D eigenvalue weighted by Gasteiger charge is 2.18. The molecule has 4 nitrogen and oxygen atoms in total. The molecule has 0 bridgehead atoms. The number of fused-ring (bicyclic) bond motifs is 3. The first kappa shape index (κ1) is 14.5. The Morgan fingerprint density at radius 1 is 1.00 bits per heavy atom. The van der Waals surface area contributed by atoms with Crippen molar-refractivity contribution in [1.82, 2.24) is 4.57 Å². The van der Waals surface area contributed by atoms with Gasteiger partial charge in [-0.2, -0.15) is 0 Å². The molecule has 1 aliphatic carbocycles. The van der Waals surface area contributed by atoms with Crippen LogP contribution in [-0.4, -0.2) is 10.5 Å². The SMILES string of the molecule is Cn1ccc(C(=O)Nc2ccc3c(c2)Cc2ccccc2-3)cc1=O. The van der Waals surface area contributed by atoms with Crippen molar-refractivity contribution in [3.8, 4) is 11.1 Å². The van der Waals surface area contributed by atoms with E-state index in [2.05, 4.69) is 17.4 Å². The maximum Gasteiger partial charge on any atom is 0.255 e. The molecule has 0 radical (unpaired) electrons. The molecule has 2 aromatic carbocycles. The van der Waals surface area contributed by atoms with Crippen molar-refractivity contribution < 1.29 is 4.79 Å². The summed E-state index contributed by atoms with van der Waals surface area (Å²) in [6.45, 7) is 0. The second kappa shape index (κ2) is 5.49. The molecule has 0 fully saturated rings. The summed E-state index contributed by atoms with van der Waals surface area (Å²) in [6, 6.07) is 17.3. The number of rotatable bonds is 2. The number of carbonyl (C=O) groups is 1. The maximum atomic E-state index is 12.3. The van der Waals surface area contributed by atoms with Crippen LogP contribution in [0.1, 0.15) is 21.5 Å². The zero-order valence-corrected chi connectivity index (χ0v) is 13.2. The number of benzene rings is 2. The number of anilines is 1. The Hall–Kier alpha value is -3.14. The number of carbonyl (C=O) groups excluding carboxylic acids is 1. The zero-order chi connectivity index (χ0) is 16.7. The summed E-state index contributed by atoms with van der Waals surface area (Å²) in [7, 11) is 1.65. The Morgan fingerprint density at radius 3 is 2.62 bits per heavy atom. The van der Waals surface area contributed by atoms with Crippen LogP contribution in [0.5, 0.6) is 0 Å². The van der Waals surface area contributed by atoms with Gasteiger partial charge >= 0.3 is 0 Å². The summed E-state index contributed by atoms with van der Waals surface area (Å²) in [5.41, 5.74) is 5.90. The van der Waals surface area contributed by atoms with Crippen molar-refractivity contribution >= 4 is 11.6 Å². The minimum absolute atomic E-state index is 0.202. The van der Waals surface area contributed by atoms with Crippen LogP contribution in [-0.2, 0) is 13.5 Å². The smallest absolute Gasteiger partial charge is 0.255 e. The average Bonchev–Trinajstić information content (AvgIpc) is 2.95. The lowest BCUT2D eigenvalue weighted by Crippen LogP contribution is -2.20. The summed E-state index contributed by atoms with van der Waals surface area (Å²) in [5.74, 6) is -0.275. The van der Waals surface area contributed by atoms with Crippen LogP contribution in [0.15, 0.2) is 65.6 Å². The van der Waals surface area contributed by atoms with Gasteiger partial charge in [-0.3, -0.25) is 9.59 Å². The lowest BCUT2D eigenvalue weighted by Gasteiger charge is -2.08. The largest absolute Gasteiger partial charge is 0.322 e. The topological polar surface area (TPSA) is 51.1 Å². The number of hydrogen-bond acceptors (Lipinski definition) is 2. The van der Waals surface area contributed by atoms with Crippen LogP contribution in [0.3, 0.4) is 0 Å². The van der Waals surface area contributed by atoms with Gasteiger partial charge in [0.2, 0.25) is 0 Å². The highest BCUT2D eigenvalue weighted by Crippen LogP contribution is 2.37. The van der Waals surface area contributed by atoms with Crippen molar-refractivity contribution in [2.45, 2.75) is 6.42 Å². The molecule has 1 heterocycles. The molecule has 118 valence electrons. The van der Waals surface area contributed by atoms with Gasteiger partial charge < -0.3 is 9.88 Å². The second-order valence-electron chi connectivity index (χ2n) is 6.02. The number of amides is 1. The summed E-state index contributed by atoms with van der Waals surface area (Å²) in [5, 5.41) is 2.87. The maximum absolute atomic E-state index is 12.3. The van der Waals surface area contributed by atoms with Gasteiger partial charge in [0.1, 0.15) is 0 Å². The van der Waals surface area contributed by atoms with Gasteiger partial charge in [0.05, 0.1) is 0 Å². The molecule has 1 aliphatic rings. The van der Waals surface area contributed by atoms with Crippen molar-refractivity contribution in [2.24, 2.45) is 7.05 Å². The number of nitrogens with zero attached hydrogens (tertiary/aromatic N) is 1. The average molecular weight is 316 g/mol. The molecular weight excluding hydrogens is 300 g/mol. The van der Waals surface area contributed by atoms with Gasteiger partial charge in [-0.1, -0.05) is 30.3 Å². The van der Waals surface area contributed by atoms with Gasteiger partial charge in [0, 0.05) is 30.6 Å². The molecule has 0 saturated heterocycles. The third kappa shape index (κ3) is 2.42. The fourth-order valence-corrected chi connectivity index (χ4v) is 3.12. The Kier molecular flexibility index (Phi) is 3.31. The molecular formula is C20H16N2O2. The van der Waals surface area contributed by atoms with Crippen LogP contribution in [0.25, 0.3) is 11.1 Å². The van der Waals surface area contributed by atoms with Gasteiger partial charge in [0.25, 0.3) is 11.5 Å². The van der Waals surface area contributed by atoms with Gasteiger partial charge in [-0.05, 0) is 46.9 Å². The summed E-state index contributed by atoms with van der Waals surface area (Å²) in [6.07, 6.45) is 2.47. The van der Waals surface area contributed by atoms with E-state index in [4.69, 9.17) is 0 Å². The minimum Gasteiger partial charge on any atom is -0.322 e. The Labute approximate surface area is 139 Å². The lowest BCUT2D eigenvalue weighted by molar-refractivity contribution is 0.102. The van der Waals surface area contributed by atoms with E-state index in [-0.39, 0.29) is 11.5 Å².